The molecule has 0 heterocycles. The molecule has 0 saturated heterocycles. The molecule has 0 aromatic heterocycles. The number of rotatable bonds is 8. The first-order chi connectivity index (χ1) is 9.41. The second kappa shape index (κ2) is 8.17. The van der Waals surface area contributed by atoms with Gasteiger partial charge in [-0.25, -0.2) is 0 Å². The van der Waals surface area contributed by atoms with E-state index in [1.165, 1.54) is 0 Å². The quantitative estimate of drug-likeness (QED) is 0.688. The summed E-state index contributed by atoms with van der Waals surface area (Å²) in [6.07, 6.45) is -0.225. The minimum absolute atomic E-state index is 0.0463. The smallest absolute Gasteiger partial charge is 0.0928 e. The molecule has 1 rings (SSSR count). The summed E-state index contributed by atoms with van der Waals surface area (Å²) < 4.78 is 5.14. The number of methoxy groups -OCH3 is 1. The number of hydrogen-bond donors (Lipinski definition) is 3. The maximum atomic E-state index is 10.2. The zero-order valence-corrected chi connectivity index (χ0v) is 13.2. The minimum atomic E-state index is -0.755. The Balaban J connectivity index is 2.67. The van der Waals surface area contributed by atoms with E-state index in [0.29, 0.717) is 35.2 Å². The fourth-order valence-corrected chi connectivity index (χ4v) is 2.54. The average Bonchev–Trinajstić information content (AvgIpc) is 2.37. The van der Waals surface area contributed by atoms with Crippen LogP contribution in [-0.4, -0.2) is 42.6 Å². The highest BCUT2D eigenvalue weighted by atomic mass is 35.5. The molecule has 114 valence electrons. The second-order valence-corrected chi connectivity index (χ2v) is 5.87. The standard InChI is InChI=1S/C14H21Cl2NO3/c1-14(5-6-18,9-20-2)17-8-13(19)11-4-3-10(15)7-12(11)16/h3-4,7,13,17-19H,5-6,8-9H2,1-2H3. The monoisotopic (exact) mass is 321 g/mol. The van der Waals surface area contributed by atoms with Crippen molar-refractivity contribution in [1.82, 2.24) is 5.32 Å². The molecule has 0 aliphatic carbocycles. The van der Waals surface area contributed by atoms with Crippen molar-refractivity contribution in [2.24, 2.45) is 0 Å². The lowest BCUT2D eigenvalue weighted by Gasteiger charge is -2.31. The summed E-state index contributed by atoms with van der Waals surface area (Å²) in [4.78, 5) is 0. The van der Waals surface area contributed by atoms with Gasteiger partial charge in [0.05, 0.1) is 12.7 Å². The van der Waals surface area contributed by atoms with Crippen LogP contribution < -0.4 is 5.32 Å². The Labute approximate surface area is 129 Å². The van der Waals surface area contributed by atoms with E-state index in [4.69, 9.17) is 33.0 Å². The Kier molecular flexibility index (Phi) is 7.23. The van der Waals surface area contributed by atoms with Crippen molar-refractivity contribution in [2.75, 3.05) is 26.9 Å². The molecule has 0 radical (unpaired) electrons. The van der Waals surface area contributed by atoms with E-state index in [0.717, 1.165) is 0 Å². The number of ether oxygens (including phenoxy) is 1. The maximum Gasteiger partial charge on any atom is 0.0928 e. The Morgan fingerprint density at radius 2 is 2.10 bits per heavy atom. The van der Waals surface area contributed by atoms with Gasteiger partial charge < -0.3 is 20.3 Å². The van der Waals surface area contributed by atoms with E-state index in [9.17, 15) is 5.11 Å². The van der Waals surface area contributed by atoms with Gasteiger partial charge in [-0.15, -0.1) is 0 Å². The SMILES string of the molecule is COCC(C)(CCO)NCC(O)c1ccc(Cl)cc1Cl. The summed E-state index contributed by atoms with van der Waals surface area (Å²) in [6, 6.07) is 4.99. The normalized spacial score (nSPS) is 15.9. The third-order valence-electron chi connectivity index (χ3n) is 3.17. The third kappa shape index (κ3) is 5.20. The van der Waals surface area contributed by atoms with Crippen molar-refractivity contribution in [1.29, 1.82) is 0 Å². The van der Waals surface area contributed by atoms with Gasteiger partial charge in [-0.1, -0.05) is 29.3 Å². The first-order valence-corrected chi connectivity index (χ1v) is 7.15. The van der Waals surface area contributed by atoms with E-state index < -0.39 is 11.6 Å². The van der Waals surface area contributed by atoms with Gasteiger partial charge in [0.1, 0.15) is 0 Å². The second-order valence-electron chi connectivity index (χ2n) is 5.03. The Bertz CT molecular complexity index is 423. The van der Waals surface area contributed by atoms with E-state index in [1.54, 1.807) is 25.3 Å². The van der Waals surface area contributed by atoms with Gasteiger partial charge in [0.25, 0.3) is 0 Å². The van der Waals surface area contributed by atoms with Crippen LogP contribution in [0.4, 0.5) is 0 Å². The summed E-state index contributed by atoms with van der Waals surface area (Å²) >= 11 is 11.9. The molecule has 0 aliphatic heterocycles. The average molecular weight is 322 g/mol. The molecule has 3 N–H and O–H groups in total. The van der Waals surface area contributed by atoms with Gasteiger partial charge in [-0.05, 0) is 25.5 Å². The van der Waals surface area contributed by atoms with E-state index in [1.807, 2.05) is 6.92 Å². The molecule has 6 heteroatoms. The van der Waals surface area contributed by atoms with Gasteiger partial charge >= 0.3 is 0 Å². The van der Waals surface area contributed by atoms with Gasteiger partial charge in [-0.3, -0.25) is 0 Å². The van der Waals surface area contributed by atoms with E-state index >= 15 is 0 Å². The zero-order valence-electron chi connectivity index (χ0n) is 11.7. The number of nitrogens with one attached hydrogen (secondary N) is 1. The Morgan fingerprint density at radius 1 is 1.40 bits per heavy atom. The molecule has 1 aromatic carbocycles. The van der Waals surface area contributed by atoms with Crippen molar-refractivity contribution in [3.63, 3.8) is 0 Å². The lowest BCUT2D eigenvalue weighted by Crippen LogP contribution is -2.48. The van der Waals surface area contributed by atoms with Crippen LogP contribution in [0.15, 0.2) is 18.2 Å². The summed E-state index contributed by atoms with van der Waals surface area (Å²) in [5.41, 5.74) is 0.218. The van der Waals surface area contributed by atoms with Crippen molar-refractivity contribution in [2.45, 2.75) is 25.0 Å². The van der Waals surface area contributed by atoms with Crippen LogP contribution >= 0.6 is 23.2 Å². The van der Waals surface area contributed by atoms with Crippen LogP contribution in [0.25, 0.3) is 0 Å². The fourth-order valence-electron chi connectivity index (χ4n) is 2.00. The van der Waals surface area contributed by atoms with Crippen molar-refractivity contribution in [3.05, 3.63) is 33.8 Å². The highest BCUT2D eigenvalue weighted by Crippen LogP contribution is 2.26. The molecule has 0 amide bonds. The number of β-amino-alcohol motifs (C(OH)–C–C–N with tert-alkyl or cyclic N) is 1. The van der Waals surface area contributed by atoms with E-state index in [-0.39, 0.29) is 6.61 Å². The number of benzene rings is 1. The molecule has 0 saturated carbocycles. The zero-order chi connectivity index (χ0) is 15.2. The molecule has 1 aromatic rings. The molecule has 0 spiro atoms. The minimum Gasteiger partial charge on any atom is -0.396 e. The van der Waals surface area contributed by atoms with Gasteiger partial charge in [0.2, 0.25) is 0 Å². The highest BCUT2D eigenvalue weighted by molar-refractivity contribution is 6.35. The summed E-state index contributed by atoms with van der Waals surface area (Å²) in [6.45, 7) is 2.73. The van der Waals surface area contributed by atoms with Crippen LogP contribution in [0.5, 0.6) is 0 Å². The molecule has 0 bridgehead atoms. The number of halogens is 2. The molecule has 0 aliphatic rings. The summed E-state index contributed by atoms with van der Waals surface area (Å²) in [5.74, 6) is 0. The van der Waals surface area contributed by atoms with Gasteiger partial charge in [0, 0.05) is 41.4 Å². The molecular weight excluding hydrogens is 301 g/mol. The molecule has 2 unspecified atom stereocenters. The highest BCUT2D eigenvalue weighted by Gasteiger charge is 2.24. The molecule has 2 atom stereocenters. The molecule has 20 heavy (non-hydrogen) atoms. The first kappa shape index (κ1) is 17.7. The van der Waals surface area contributed by atoms with Crippen LogP contribution in [0.1, 0.15) is 25.0 Å². The fraction of sp³-hybridized carbons (Fsp3) is 0.571. The summed E-state index contributed by atoms with van der Waals surface area (Å²) in [5, 5.41) is 23.5. The summed E-state index contributed by atoms with van der Waals surface area (Å²) in [7, 11) is 1.60. The largest absolute Gasteiger partial charge is 0.396 e. The third-order valence-corrected chi connectivity index (χ3v) is 3.73. The topological polar surface area (TPSA) is 61.7 Å². The van der Waals surface area contributed by atoms with Crippen LogP contribution in [0, 0.1) is 0 Å². The predicted molar refractivity (Wildman–Crippen MR) is 81.4 cm³/mol. The maximum absolute atomic E-state index is 10.2. The van der Waals surface area contributed by atoms with Crippen LogP contribution in [0.3, 0.4) is 0 Å². The van der Waals surface area contributed by atoms with Crippen molar-refractivity contribution >= 4 is 23.2 Å². The Hall–Kier alpha value is -0.360. The van der Waals surface area contributed by atoms with Crippen LogP contribution in [0.2, 0.25) is 10.0 Å². The predicted octanol–water partition coefficient (Wildman–Crippen LogP) is 2.40. The van der Waals surface area contributed by atoms with Gasteiger partial charge in [0.15, 0.2) is 0 Å². The lowest BCUT2D eigenvalue weighted by atomic mass is 9.98. The first-order valence-electron chi connectivity index (χ1n) is 6.39. The van der Waals surface area contributed by atoms with Crippen LogP contribution in [-0.2, 0) is 4.74 Å². The number of hydrogen-bond acceptors (Lipinski definition) is 4. The van der Waals surface area contributed by atoms with Crippen molar-refractivity contribution in [3.8, 4) is 0 Å². The Morgan fingerprint density at radius 3 is 2.65 bits per heavy atom. The van der Waals surface area contributed by atoms with Crippen molar-refractivity contribution < 1.29 is 14.9 Å². The lowest BCUT2D eigenvalue weighted by molar-refractivity contribution is 0.0822. The number of aliphatic hydroxyl groups excluding tert-OH is 2. The molecule has 0 fully saturated rings. The molecular formula is C14H21Cl2NO3. The van der Waals surface area contributed by atoms with E-state index in [2.05, 4.69) is 5.32 Å². The van der Waals surface area contributed by atoms with Gasteiger partial charge in [-0.2, -0.15) is 0 Å². The molecule has 4 nitrogen and oxygen atoms in total. The number of aliphatic hydroxyl groups is 2.